The first-order valence-corrected chi connectivity index (χ1v) is 3.14. The number of aromatic hydroxyl groups is 1. The summed E-state index contributed by atoms with van der Waals surface area (Å²) in [5.74, 6) is 0.0709. The van der Waals surface area contributed by atoms with Gasteiger partial charge in [-0.25, -0.2) is 0 Å². The monoisotopic (exact) mass is 148 g/mol. The van der Waals surface area contributed by atoms with Gasteiger partial charge in [0.1, 0.15) is 5.75 Å². The number of hydrogen-bond acceptors (Lipinski definition) is 3. The van der Waals surface area contributed by atoms with Crippen molar-refractivity contribution in [2.45, 2.75) is 6.92 Å². The Morgan fingerprint density at radius 3 is 2.73 bits per heavy atom. The molecule has 0 aromatic heterocycles. The van der Waals surface area contributed by atoms with Gasteiger partial charge in [0.2, 0.25) is 0 Å². The van der Waals surface area contributed by atoms with E-state index in [0.29, 0.717) is 16.8 Å². The first-order chi connectivity index (χ1) is 5.15. The maximum atomic E-state index is 9.18. The van der Waals surface area contributed by atoms with E-state index in [9.17, 15) is 5.11 Å². The van der Waals surface area contributed by atoms with E-state index < -0.39 is 0 Å². The van der Waals surface area contributed by atoms with E-state index in [0.717, 1.165) is 0 Å². The van der Waals surface area contributed by atoms with E-state index in [-0.39, 0.29) is 5.75 Å². The molecule has 0 saturated heterocycles. The van der Waals surface area contributed by atoms with Crippen LogP contribution in [0.5, 0.6) is 5.75 Å². The Labute approximate surface area is 64.7 Å². The summed E-state index contributed by atoms with van der Waals surface area (Å²) in [5, 5.41) is 17.7. The van der Waals surface area contributed by atoms with Crippen molar-refractivity contribution >= 4 is 5.69 Å². The molecule has 0 aliphatic carbocycles. The molecule has 3 N–H and O–H groups in total. The van der Waals surface area contributed by atoms with Crippen molar-refractivity contribution in [3.63, 3.8) is 0 Å². The number of nitrogens with zero attached hydrogens (tertiary/aromatic N) is 1. The molecule has 0 unspecified atom stereocenters. The molecule has 0 aliphatic rings. The lowest BCUT2D eigenvalue weighted by atomic mass is 10.1. The smallest absolute Gasteiger partial charge is 0.121 e. The van der Waals surface area contributed by atoms with E-state index in [1.165, 1.54) is 12.1 Å². The molecular formula is C8H8N2O. The van der Waals surface area contributed by atoms with Crippen molar-refractivity contribution in [2.24, 2.45) is 0 Å². The van der Waals surface area contributed by atoms with Crippen LogP contribution in [0.3, 0.4) is 0 Å². The second-order valence-electron chi connectivity index (χ2n) is 2.32. The highest BCUT2D eigenvalue weighted by Gasteiger charge is 2.02. The average molecular weight is 148 g/mol. The zero-order chi connectivity index (χ0) is 8.43. The molecule has 3 nitrogen and oxygen atoms in total. The van der Waals surface area contributed by atoms with Gasteiger partial charge in [-0.2, -0.15) is 5.26 Å². The highest BCUT2D eigenvalue weighted by molar-refractivity contribution is 5.55. The summed E-state index contributed by atoms with van der Waals surface area (Å²) < 4.78 is 0. The van der Waals surface area contributed by atoms with E-state index in [4.69, 9.17) is 11.0 Å². The summed E-state index contributed by atoms with van der Waals surface area (Å²) in [6, 6.07) is 4.90. The molecule has 1 aromatic carbocycles. The lowest BCUT2D eigenvalue weighted by Gasteiger charge is -2.01. The maximum Gasteiger partial charge on any atom is 0.121 e. The summed E-state index contributed by atoms with van der Waals surface area (Å²) in [5.41, 5.74) is 6.79. The molecule has 0 aliphatic heterocycles. The fourth-order valence-corrected chi connectivity index (χ4v) is 0.837. The van der Waals surface area contributed by atoms with Crippen LogP contribution in [-0.4, -0.2) is 5.11 Å². The third-order valence-corrected chi connectivity index (χ3v) is 1.52. The van der Waals surface area contributed by atoms with Crippen molar-refractivity contribution < 1.29 is 5.11 Å². The van der Waals surface area contributed by atoms with Gasteiger partial charge in [-0.3, -0.25) is 0 Å². The Bertz CT molecular complexity index is 326. The zero-order valence-electron chi connectivity index (χ0n) is 6.13. The van der Waals surface area contributed by atoms with Crippen molar-refractivity contribution in [2.75, 3.05) is 5.73 Å². The molecule has 0 radical (unpaired) electrons. The van der Waals surface area contributed by atoms with Crippen LogP contribution in [0.1, 0.15) is 11.1 Å². The minimum Gasteiger partial charge on any atom is -0.508 e. The van der Waals surface area contributed by atoms with E-state index >= 15 is 0 Å². The van der Waals surface area contributed by atoms with Gasteiger partial charge in [-0.05, 0) is 13.0 Å². The second kappa shape index (κ2) is 2.51. The Morgan fingerprint density at radius 1 is 1.55 bits per heavy atom. The average Bonchev–Trinajstić information content (AvgIpc) is 1.96. The number of nitrogen functional groups attached to an aromatic ring is 1. The zero-order valence-corrected chi connectivity index (χ0v) is 6.13. The van der Waals surface area contributed by atoms with Crippen LogP contribution in [0.4, 0.5) is 5.69 Å². The first-order valence-electron chi connectivity index (χ1n) is 3.14. The Balaban J connectivity index is 3.39. The molecule has 11 heavy (non-hydrogen) atoms. The van der Waals surface area contributed by atoms with Gasteiger partial charge in [0.15, 0.2) is 0 Å². The molecule has 0 heterocycles. The number of benzene rings is 1. The summed E-state index contributed by atoms with van der Waals surface area (Å²) in [6.07, 6.45) is 0. The highest BCUT2D eigenvalue weighted by atomic mass is 16.3. The summed E-state index contributed by atoms with van der Waals surface area (Å²) in [6.45, 7) is 1.67. The van der Waals surface area contributed by atoms with Crippen LogP contribution in [0.2, 0.25) is 0 Å². The Hall–Kier alpha value is -1.69. The molecular weight excluding hydrogens is 140 g/mol. The van der Waals surface area contributed by atoms with Crippen molar-refractivity contribution in [3.8, 4) is 11.8 Å². The Morgan fingerprint density at radius 2 is 2.18 bits per heavy atom. The number of rotatable bonds is 0. The first kappa shape index (κ1) is 7.42. The van der Waals surface area contributed by atoms with E-state index in [1.54, 1.807) is 6.92 Å². The van der Waals surface area contributed by atoms with Gasteiger partial charge in [0.25, 0.3) is 0 Å². The van der Waals surface area contributed by atoms with Crippen LogP contribution < -0.4 is 5.73 Å². The SMILES string of the molecule is Cc1c(O)cc(N)cc1C#N. The van der Waals surface area contributed by atoms with Gasteiger partial charge in [-0.1, -0.05) is 0 Å². The molecule has 56 valence electrons. The van der Waals surface area contributed by atoms with Crippen LogP contribution in [-0.2, 0) is 0 Å². The van der Waals surface area contributed by atoms with Crippen LogP contribution in [0.25, 0.3) is 0 Å². The summed E-state index contributed by atoms with van der Waals surface area (Å²) in [7, 11) is 0. The topological polar surface area (TPSA) is 70.0 Å². The van der Waals surface area contributed by atoms with E-state index in [2.05, 4.69) is 0 Å². The number of hydrogen-bond donors (Lipinski definition) is 2. The van der Waals surface area contributed by atoms with Crippen molar-refractivity contribution in [1.82, 2.24) is 0 Å². The molecule has 0 fully saturated rings. The fraction of sp³-hybridized carbons (Fsp3) is 0.125. The lowest BCUT2D eigenvalue weighted by Crippen LogP contribution is -1.89. The maximum absolute atomic E-state index is 9.18. The van der Waals surface area contributed by atoms with Gasteiger partial charge in [0.05, 0.1) is 11.6 Å². The molecule has 0 saturated carbocycles. The standard InChI is InChI=1S/C8H8N2O/c1-5-6(4-9)2-7(10)3-8(5)11/h2-3,11H,10H2,1H3. The van der Waals surface area contributed by atoms with Crippen LogP contribution in [0, 0.1) is 18.3 Å². The quantitative estimate of drug-likeness (QED) is 0.542. The van der Waals surface area contributed by atoms with E-state index in [1.807, 2.05) is 6.07 Å². The molecule has 0 bridgehead atoms. The van der Waals surface area contributed by atoms with Gasteiger partial charge >= 0.3 is 0 Å². The predicted molar refractivity (Wildman–Crippen MR) is 42.0 cm³/mol. The van der Waals surface area contributed by atoms with Gasteiger partial charge in [0, 0.05) is 17.3 Å². The molecule has 1 rings (SSSR count). The molecule has 3 heteroatoms. The molecule has 0 amide bonds. The largest absolute Gasteiger partial charge is 0.508 e. The minimum atomic E-state index is 0.0709. The fourth-order valence-electron chi connectivity index (χ4n) is 0.837. The predicted octanol–water partition coefficient (Wildman–Crippen LogP) is 1.15. The number of anilines is 1. The number of nitrogens with two attached hydrogens (primary N) is 1. The minimum absolute atomic E-state index is 0.0709. The third-order valence-electron chi connectivity index (χ3n) is 1.52. The Kier molecular flexibility index (Phi) is 1.69. The van der Waals surface area contributed by atoms with Gasteiger partial charge < -0.3 is 10.8 Å². The summed E-state index contributed by atoms with van der Waals surface area (Å²) in [4.78, 5) is 0. The van der Waals surface area contributed by atoms with Crippen molar-refractivity contribution in [1.29, 1.82) is 5.26 Å². The molecule has 0 spiro atoms. The third kappa shape index (κ3) is 1.24. The normalized spacial score (nSPS) is 9.09. The van der Waals surface area contributed by atoms with Crippen molar-refractivity contribution in [3.05, 3.63) is 23.3 Å². The molecule has 0 atom stereocenters. The second-order valence-corrected chi connectivity index (χ2v) is 2.32. The summed E-state index contributed by atoms with van der Waals surface area (Å²) >= 11 is 0. The highest BCUT2D eigenvalue weighted by Crippen LogP contribution is 2.22. The number of phenols is 1. The van der Waals surface area contributed by atoms with Gasteiger partial charge in [-0.15, -0.1) is 0 Å². The molecule has 1 aromatic rings. The lowest BCUT2D eigenvalue weighted by molar-refractivity contribution is 0.471. The number of phenolic OH excluding ortho intramolecular Hbond substituents is 1. The van der Waals surface area contributed by atoms with Crippen LogP contribution in [0.15, 0.2) is 12.1 Å². The number of nitriles is 1. The van der Waals surface area contributed by atoms with Crippen LogP contribution >= 0.6 is 0 Å².